The standard InChI is InChI=1S/C23H27N5O3/c1-3-15-7-5-6-12-28(15)23-26-20-19(22(30)27-23)18(17(13-24)21(29)25-20)14-8-10-16(11-9-14)31-4-2/h8-11,15,17-18H,3-7,12H2,1-2H3,(H2,25,26,27,29,30). The van der Waals surface area contributed by atoms with E-state index < -0.39 is 17.7 Å². The topological polar surface area (TPSA) is 111 Å². The molecule has 31 heavy (non-hydrogen) atoms. The summed E-state index contributed by atoms with van der Waals surface area (Å²) in [6, 6.07) is 9.55. The number of carbonyl (C=O) groups is 1. The van der Waals surface area contributed by atoms with Crippen molar-refractivity contribution < 1.29 is 9.53 Å². The molecule has 2 aliphatic rings. The average Bonchev–Trinajstić information content (AvgIpc) is 2.78. The summed E-state index contributed by atoms with van der Waals surface area (Å²) in [5.74, 6) is -0.733. The number of aromatic nitrogens is 2. The number of hydrogen-bond donors (Lipinski definition) is 2. The maximum Gasteiger partial charge on any atom is 0.258 e. The van der Waals surface area contributed by atoms with Gasteiger partial charge in [0.2, 0.25) is 11.9 Å². The monoisotopic (exact) mass is 421 g/mol. The fraction of sp³-hybridized carbons (Fsp3) is 0.478. The van der Waals surface area contributed by atoms with Crippen LogP contribution in [0.5, 0.6) is 5.75 Å². The molecule has 0 aliphatic carbocycles. The Hall–Kier alpha value is -3.34. The number of H-pyrrole nitrogens is 1. The van der Waals surface area contributed by atoms with Crippen molar-refractivity contribution >= 4 is 17.7 Å². The fourth-order valence-corrected chi connectivity index (χ4v) is 4.64. The second kappa shape index (κ2) is 8.80. The molecule has 3 unspecified atom stereocenters. The summed E-state index contributed by atoms with van der Waals surface area (Å²) in [5.41, 5.74) is 0.708. The zero-order valence-electron chi connectivity index (χ0n) is 17.9. The number of piperidine rings is 1. The summed E-state index contributed by atoms with van der Waals surface area (Å²) in [4.78, 5) is 35.7. The lowest BCUT2D eigenvalue weighted by Gasteiger charge is -2.36. The molecule has 0 saturated carbocycles. The molecule has 1 saturated heterocycles. The number of nitrogens with zero attached hydrogens (tertiary/aromatic N) is 3. The lowest BCUT2D eigenvalue weighted by atomic mass is 9.79. The fourth-order valence-electron chi connectivity index (χ4n) is 4.64. The van der Waals surface area contributed by atoms with E-state index in [0.717, 1.165) is 32.2 Å². The van der Waals surface area contributed by atoms with Crippen molar-refractivity contribution in [1.29, 1.82) is 5.26 Å². The van der Waals surface area contributed by atoms with E-state index in [9.17, 15) is 14.9 Å². The van der Waals surface area contributed by atoms with Gasteiger partial charge in [-0.15, -0.1) is 0 Å². The minimum atomic E-state index is -1.02. The number of nitriles is 1. The highest BCUT2D eigenvalue weighted by molar-refractivity contribution is 5.98. The Morgan fingerprint density at radius 2 is 2.00 bits per heavy atom. The number of amides is 1. The number of fused-ring (bicyclic) bond motifs is 1. The van der Waals surface area contributed by atoms with E-state index in [1.807, 2.05) is 6.92 Å². The molecule has 0 bridgehead atoms. The van der Waals surface area contributed by atoms with Gasteiger partial charge in [0.05, 0.1) is 18.2 Å². The van der Waals surface area contributed by atoms with Crippen LogP contribution in [-0.4, -0.2) is 35.1 Å². The number of rotatable bonds is 5. The normalized spacial score (nSPS) is 22.9. The van der Waals surface area contributed by atoms with Crippen LogP contribution in [0.25, 0.3) is 0 Å². The molecule has 1 aromatic heterocycles. The van der Waals surface area contributed by atoms with Gasteiger partial charge in [0.15, 0.2) is 0 Å². The first-order chi connectivity index (χ1) is 15.1. The molecule has 0 spiro atoms. The lowest BCUT2D eigenvalue weighted by Crippen LogP contribution is -2.43. The highest BCUT2D eigenvalue weighted by Crippen LogP contribution is 2.39. The number of carbonyl (C=O) groups excluding carboxylic acids is 1. The van der Waals surface area contributed by atoms with Gasteiger partial charge in [-0.05, 0) is 50.3 Å². The Morgan fingerprint density at radius 3 is 2.68 bits per heavy atom. The van der Waals surface area contributed by atoms with Gasteiger partial charge in [0.1, 0.15) is 17.5 Å². The first-order valence-electron chi connectivity index (χ1n) is 10.9. The van der Waals surface area contributed by atoms with Crippen LogP contribution in [0.3, 0.4) is 0 Å². The second-order valence-electron chi connectivity index (χ2n) is 7.98. The molecule has 1 amide bonds. The van der Waals surface area contributed by atoms with Crippen molar-refractivity contribution in [2.75, 3.05) is 23.4 Å². The van der Waals surface area contributed by atoms with E-state index in [-0.39, 0.29) is 11.4 Å². The predicted molar refractivity (Wildman–Crippen MR) is 117 cm³/mol. The van der Waals surface area contributed by atoms with Crippen LogP contribution in [-0.2, 0) is 4.79 Å². The van der Waals surface area contributed by atoms with Gasteiger partial charge in [0, 0.05) is 18.5 Å². The van der Waals surface area contributed by atoms with Crippen LogP contribution >= 0.6 is 0 Å². The molecule has 2 N–H and O–H groups in total. The number of ether oxygens (including phenoxy) is 1. The van der Waals surface area contributed by atoms with Crippen LogP contribution in [0, 0.1) is 17.2 Å². The van der Waals surface area contributed by atoms with E-state index in [0.29, 0.717) is 35.5 Å². The lowest BCUT2D eigenvalue weighted by molar-refractivity contribution is -0.119. The van der Waals surface area contributed by atoms with Crippen molar-refractivity contribution in [2.45, 2.75) is 51.5 Å². The molecule has 4 rings (SSSR count). The number of anilines is 2. The molecule has 8 heteroatoms. The molecule has 162 valence electrons. The van der Waals surface area contributed by atoms with E-state index in [4.69, 9.17) is 4.74 Å². The average molecular weight is 422 g/mol. The zero-order chi connectivity index (χ0) is 22.0. The first kappa shape index (κ1) is 20.9. The molecule has 1 fully saturated rings. The van der Waals surface area contributed by atoms with Crippen molar-refractivity contribution in [1.82, 2.24) is 9.97 Å². The Kier molecular flexibility index (Phi) is 5.94. The molecule has 3 atom stereocenters. The van der Waals surface area contributed by atoms with Gasteiger partial charge in [0.25, 0.3) is 5.56 Å². The van der Waals surface area contributed by atoms with Gasteiger partial charge < -0.3 is 15.0 Å². The van der Waals surface area contributed by atoms with Crippen LogP contribution in [0.4, 0.5) is 11.8 Å². The zero-order valence-corrected chi connectivity index (χ0v) is 17.9. The van der Waals surface area contributed by atoms with Crippen molar-refractivity contribution in [3.63, 3.8) is 0 Å². The summed E-state index contributed by atoms with van der Waals surface area (Å²) in [6.45, 7) is 5.38. The van der Waals surface area contributed by atoms with E-state index >= 15 is 0 Å². The van der Waals surface area contributed by atoms with Crippen molar-refractivity contribution in [3.05, 3.63) is 45.7 Å². The molecule has 1 aromatic carbocycles. The highest BCUT2D eigenvalue weighted by atomic mass is 16.5. The SMILES string of the molecule is CCOc1ccc(C2c3c(nc(N4CCCCC4CC)[nH]c3=O)NC(=O)C2C#N)cc1. The van der Waals surface area contributed by atoms with E-state index in [1.165, 1.54) is 0 Å². The Morgan fingerprint density at radius 1 is 1.23 bits per heavy atom. The number of nitrogens with one attached hydrogen (secondary N) is 2. The van der Waals surface area contributed by atoms with Crippen LogP contribution in [0.2, 0.25) is 0 Å². The van der Waals surface area contributed by atoms with Gasteiger partial charge in [-0.2, -0.15) is 10.2 Å². The maximum atomic E-state index is 13.2. The van der Waals surface area contributed by atoms with Gasteiger partial charge in [-0.3, -0.25) is 14.6 Å². The third kappa shape index (κ3) is 3.88. The van der Waals surface area contributed by atoms with Crippen LogP contribution in [0.1, 0.15) is 56.6 Å². The Labute approximate surface area is 181 Å². The van der Waals surface area contributed by atoms with Gasteiger partial charge >= 0.3 is 0 Å². The molecular weight excluding hydrogens is 394 g/mol. The molecule has 3 heterocycles. The minimum absolute atomic E-state index is 0.245. The van der Waals surface area contributed by atoms with Crippen LogP contribution < -0.4 is 20.5 Å². The summed E-state index contributed by atoms with van der Waals surface area (Å²) in [5, 5.41) is 12.4. The molecule has 2 aliphatic heterocycles. The molecule has 2 aromatic rings. The van der Waals surface area contributed by atoms with E-state index in [2.05, 4.69) is 33.2 Å². The number of aromatic amines is 1. The summed E-state index contributed by atoms with van der Waals surface area (Å²) >= 11 is 0. The Bertz CT molecular complexity index is 1060. The maximum absolute atomic E-state index is 13.2. The summed E-state index contributed by atoms with van der Waals surface area (Å²) in [6.07, 6.45) is 4.20. The summed E-state index contributed by atoms with van der Waals surface area (Å²) < 4.78 is 5.49. The summed E-state index contributed by atoms with van der Waals surface area (Å²) in [7, 11) is 0. The molecular formula is C23H27N5O3. The second-order valence-corrected chi connectivity index (χ2v) is 7.98. The number of benzene rings is 1. The predicted octanol–water partition coefficient (Wildman–Crippen LogP) is 3.16. The van der Waals surface area contributed by atoms with Crippen LogP contribution in [0.15, 0.2) is 29.1 Å². The van der Waals surface area contributed by atoms with Gasteiger partial charge in [-0.1, -0.05) is 19.1 Å². The minimum Gasteiger partial charge on any atom is -0.494 e. The molecule has 0 radical (unpaired) electrons. The highest BCUT2D eigenvalue weighted by Gasteiger charge is 2.40. The third-order valence-electron chi connectivity index (χ3n) is 6.17. The van der Waals surface area contributed by atoms with E-state index in [1.54, 1.807) is 24.3 Å². The smallest absolute Gasteiger partial charge is 0.258 e. The van der Waals surface area contributed by atoms with Crippen molar-refractivity contribution in [3.8, 4) is 11.8 Å². The largest absolute Gasteiger partial charge is 0.494 e. The molecule has 8 nitrogen and oxygen atoms in total. The first-order valence-corrected chi connectivity index (χ1v) is 10.9. The van der Waals surface area contributed by atoms with Gasteiger partial charge in [-0.25, -0.2) is 0 Å². The third-order valence-corrected chi connectivity index (χ3v) is 6.17. The van der Waals surface area contributed by atoms with Crippen molar-refractivity contribution in [2.24, 2.45) is 5.92 Å². The number of hydrogen-bond acceptors (Lipinski definition) is 6. The quantitative estimate of drug-likeness (QED) is 0.767. The Balaban J connectivity index is 1.79.